The molecule has 0 aliphatic carbocycles. The maximum atomic E-state index is 6.02. The molecule has 17 heavy (non-hydrogen) atoms. The fourth-order valence-corrected chi connectivity index (χ4v) is 1.66. The number of rotatable bonds is 5. The second-order valence-electron chi connectivity index (χ2n) is 3.95. The molecule has 0 bridgehead atoms. The molecule has 2 rings (SSSR count). The van der Waals surface area contributed by atoms with Crippen molar-refractivity contribution in [2.24, 2.45) is 11.5 Å². The van der Waals surface area contributed by atoms with Gasteiger partial charge in [0.2, 0.25) is 0 Å². The minimum absolute atomic E-state index is 0.0588. The highest BCUT2D eigenvalue weighted by Crippen LogP contribution is 2.17. The Morgan fingerprint density at radius 2 is 2.29 bits per heavy atom. The molecule has 5 heteroatoms. The topological polar surface area (TPSA) is 82.8 Å². The van der Waals surface area contributed by atoms with Crippen molar-refractivity contribution >= 4 is 0 Å². The van der Waals surface area contributed by atoms with Gasteiger partial charge < -0.3 is 16.0 Å². The van der Waals surface area contributed by atoms with Crippen molar-refractivity contribution in [2.45, 2.75) is 19.0 Å². The van der Waals surface area contributed by atoms with Crippen molar-refractivity contribution in [1.29, 1.82) is 0 Å². The summed E-state index contributed by atoms with van der Waals surface area (Å²) in [6, 6.07) is 3.87. The van der Waals surface area contributed by atoms with E-state index in [0.29, 0.717) is 6.54 Å². The molecule has 0 aliphatic heterocycles. The molecule has 4 N–H and O–H groups in total. The summed E-state index contributed by atoms with van der Waals surface area (Å²) in [7, 11) is 0. The summed E-state index contributed by atoms with van der Waals surface area (Å²) in [6.45, 7) is 0.665. The molecule has 0 aliphatic rings. The van der Waals surface area contributed by atoms with E-state index in [9.17, 15) is 0 Å². The van der Waals surface area contributed by atoms with Crippen molar-refractivity contribution in [3.05, 3.63) is 37.1 Å². The summed E-state index contributed by atoms with van der Waals surface area (Å²) in [6.07, 6.45) is 8.95. The van der Waals surface area contributed by atoms with Crippen LogP contribution >= 0.6 is 0 Å². The second kappa shape index (κ2) is 5.56. The first-order valence-electron chi connectivity index (χ1n) is 5.71. The smallest absolute Gasteiger partial charge is 0.0966 e. The molecular formula is C12H17N5. The van der Waals surface area contributed by atoms with Gasteiger partial charge in [-0.25, -0.2) is 4.98 Å². The number of aromatic nitrogens is 3. The van der Waals surface area contributed by atoms with Gasteiger partial charge in [0, 0.05) is 24.2 Å². The van der Waals surface area contributed by atoms with E-state index in [1.54, 1.807) is 18.7 Å². The number of hydrogen-bond donors (Lipinski definition) is 2. The summed E-state index contributed by atoms with van der Waals surface area (Å²) < 4.78 is 1.91. The number of nitrogens with two attached hydrogens (primary N) is 2. The van der Waals surface area contributed by atoms with E-state index in [0.717, 1.165) is 24.1 Å². The predicted octanol–water partition coefficient (Wildman–Crippen LogP) is 1.14. The minimum Gasteiger partial charge on any atom is -0.330 e. The van der Waals surface area contributed by atoms with Crippen LogP contribution in [-0.4, -0.2) is 21.1 Å². The lowest BCUT2D eigenvalue weighted by atomic mass is 10.2. The molecule has 0 amide bonds. The highest BCUT2D eigenvalue weighted by atomic mass is 15.1. The zero-order valence-electron chi connectivity index (χ0n) is 9.66. The Morgan fingerprint density at radius 1 is 1.41 bits per heavy atom. The molecule has 0 saturated heterocycles. The van der Waals surface area contributed by atoms with Crippen LogP contribution in [0.5, 0.6) is 0 Å². The molecular weight excluding hydrogens is 214 g/mol. The fourth-order valence-electron chi connectivity index (χ4n) is 1.66. The molecule has 90 valence electrons. The average Bonchev–Trinajstić information content (AvgIpc) is 2.86. The number of nitrogens with zero attached hydrogens (tertiary/aromatic N) is 3. The first-order valence-corrected chi connectivity index (χ1v) is 5.71. The van der Waals surface area contributed by atoms with E-state index < -0.39 is 0 Å². The van der Waals surface area contributed by atoms with Gasteiger partial charge in [0.15, 0.2) is 0 Å². The van der Waals surface area contributed by atoms with Crippen molar-refractivity contribution < 1.29 is 0 Å². The SMILES string of the molecule is NCCCC(N)n1cnc(-c2cccnc2)c1. The Kier molecular flexibility index (Phi) is 3.85. The van der Waals surface area contributed by atoms with Crippen molar-refractivity contribution in [3.8, 4) is 11.3 Å². The monoisotopic (exact) mass is 231 g/mol. The largest absolute Gasteiger partial charge is 0.330 e. The van der Waals surface area contributed by atoms with Gasteiger partial charge in [0.1, 0.15) is 0 Å². The van der Waals surface area contributed by atoms with E-state index in [1.807, 2.05) is 22.9 Å². The highest BCUT2D eigenvalue weighted by Gasteiger charge is 2.07. The first-order chi connectivity index (χ1) is 8.31. The van der Waals surface area contributed by atoms with Gasteiger partial charge in [-0.3, -0.25) is 4.98 Å². The maximum absolute atomic E-state index is 6.02. The summed E-state index contributed by atoms with van der Waals surface area (Å²) in [5.74, 6) is 0. The highest BCUT2D eigenvalue weighted by molar-refractivity contribution is 5.56. The van der Waals surface area contributed by atoms with Gasteiger partial charge in [-0.05, 0) is 31.5 Å². The van der Waals surface area contributed by atoms with Crippen molar-refractivity contribution in [1.82, 2.24) is 14.5 Å². The third-order valence-electron chi connectivity index (χ3n) is 2.65. The third-order valence-corrected chi connectivity index (χ3v) is 2.65. The summed E-state index contributed by atoms with van der Waals surface area (Å²) in [5, 5.41) is 0. The van der Waals surface area contributed by atoms with Gasteiger partial charge in [0.05, 0.1) is 18.2 Å². The van der Waals surface area contributed by atoms with Crippen molar-refractivity contribution in [2.75, 3.05) is 6.54 Å². The molecule has 2 heterocycles. The Labute approximate surface area is 100 Å². The Morgan fingerprint density at radius 3 is 3.00 bits per heavy atom. The van der Waals surface area contributed by atoms with Crippen LogP contribution in [0.3, 0.4) is 0 Å². The van der Waals surface area contributed by atoms with Gasteiger partial charge in [0.25, 0.3) is 0 Å². The molecule has 5 nitrogen and oxygen atoms in total. The third kappa shape index (κ3) is 2.89. The van der Waals surface area contributed by atoms with E-state index in [2.05, 4.69) is 9.97 Å². The quantitative estimate of drug-likeness (QED) is 0.808. The molecule has 0 aromatic carbocycles. The van der Waals surface area contributed by atoms with E-state index >= 15 is 0 Å². The predicted molar refractivity (Wildman–Crippen MR) is 67.0 cm³/mol. The Bertz CT molecular complexity index is 451. The molecule has 2 aromatic heterocycles. The van der Waals surface area contributed by atoms with Gasteiger partial charge >= 0.3 is 0 Å². The van der Waals surface area contributed by atoms with Crippen LogP contribution < -0.4 is 11.5 Å². The Hall–Kier alpha value is -1.72. The number of imidazole rings is 1. The lowest BCUT2D eigenvalue weighted by molar-refractivity contribution is 0.470. The fraction of sp³-hybridized carbons (Fsp3) is 0.333. The molecule has 1 atom stereocenters. The molecule has 0 fully saturated rings. The lowest BCUT2D eigenvalue weighted by Gasteiger charge is -2.11. The van der Waals surface area contributed by atoms with E-state index in [-0.39, 0.29) is 6.17 Å². The first kappa shape index (κ1) is 11.8. The van der Waals surface area contributed by atoms with Crippen LogP contribution in [0, 0.1) is 0 Å². The molecule has 2 aromatic rings. The zero-order chi connectivity index (χ0) is 12.1. The summed E-state index contributed by atoms with van der Waals surface area (Å²) >= 11 is 0. The maximum Gasteiger partial charge on any atom is 0.0966 e. The van der Waals surface area contributed by atoms with Crippen LogP contribution in [0.15, 0.2) is 37.1 Å². The zero-order valence-corrected chi connectivity index (χ0v) is 9.66. The van der Waals surface area contributed by atoms with Crippen LogP contribution in [0.25, 0.3) is 11.3 Å². The molecule has 1 unspecified atom stereocenters. The Balaban J connectivity index is 2.11. The van der Waals surface area contributed by atoms with Gasteiger partial charge in [-0.1, -0.05) is 0 Å². The average molecular weight is 231 g/mol. The number of hydrogen-bond acceptors (Lipinski definition) is 4. The second-order valence-corrected chi connectivity index (χ2v) is 3.95. The molecule has 0 spiro atoms. The van der Waals surface area contributed by atoms with Crippen LogP contribution in [0.1, 0.15) is 19.0 Å². The van der Waals surface area contributed by atoms with E-state index in [1.165, 1.54) is 0 Å². The summed E-state index contributed by atoms with van der Waals surface area (Å²) in [5.41, 5.74) is 13.4. The van der Waals surface area contributed by atoms with Crippen LogP contribution in [0.4, 0.5) is 0 Å². The standard InChI is InChI=1S/C12H17N5/c13-5-1-4-12(14)17-8-11(16-9-17)10-3-2-6-15-7-10/h2-3,6-9,12H,1,4-5,13-14H2. The number of pyridine rings is 1. The van der Waals surface area contributed by atoms with Crippen LogP contribution in [0.2, 0.25) is 0 Å². The van der Waals surface area contributed by atoms with Crippen molar-refractivity contribution in [3.63, 3.8) is 0 Å². The molecule has 0 saturated carbocycles. The molecule has 0 radical (unpaired) electrons. The van der Waals surface area contributed by atoms with Crippen LogP contribution in [-0.2, 0) is 0 Å². The lowest BCUT2D eigenvalue weighted by Crippen LogP contribution is -2.18. The summed E-state index contributed by atoms with van der Waals surface area (Å²) in [4.78, 5) is 8.40. The minimum atomic E-state index is -0.0588. The normalized spacial score (nSPS) is 12.6. The van der Waals surface area contributed by atoms with Gasteiger partial charge in [-0.15, -0.1) is 0 Å². The van der Waals surface area contributed by atoms with Gasteiger partial charge in [-0.2, -0.15) is 0 Å². The van der Waals surface area contributed by atoms with E-state index in [4.69, 9.17) is 11.5 Å².